The number of amides is 1. The van der Waals surface area contributed by atoms with Gasteiger partial charge in [0.15, 0.2) is 11.5 Å². The summed E-state index contributed by atoms with van der Waals surface area (Å²) in [6, 6.07) is 4.14. The fourth-order valence-corrected chi connectivity index (χ4v) is 2.43. The molecule has 1 N–H and O–H groups in total. The molecular weight excluding hydrogens is 376 g/mol. The van der Waals surface area contributed by atoms with Gasteiger partial charge in [-0.1, -0.05) is 0 Å². The van der Waals surface area contributed by atoms with Gasteiger partial charge < -0.3 is 14.8 Å². The van der Waals surface area contributed by atoms with E-state index in [4.69, 9.17) is 4.74 Å². The van der Waals surface area contributed by atoms with Gasteiger partial charge in [0.2, 0.25) is 0 Å². The summed E-state index contributed by atoms with van der Waals surface area (Å²) in [4.78, 5) is 12.3. The average molecular weight is 390 g/mol. The fourth-order valence-electron chi connectivity index (χ4n) is 1.96. The monoisotopic (exact) mass is 389 g/mol. The first-order chi connectivity index (χ1) is 11.0. The molecule has 124 valence electrons. The fraction of sp³-hybridized carbons (Fsp3) is 0.286. The van der Waals surface area contributed by atoms with Crippen molar-refractivity contribution >= 4 is 27.5 Å². The zero-order chi connectivity index (χ0) is 17.0. The van der Waals surface area contributed by atoms with Gasteiger partial charge in [-0.3, -0.25) is 9.48 Å². The van der Waals surface area contributed by atoms with Gasteiger partial charge in [-0.15, -0.1) is 0 Å². The normalized spacial score (nSPS) is 10.7. The van der Waals surface area contributed by atoms with E-state index in [0.29, 0.717) is 22.4 Å². The van der Waals surface area contributed by atoms with Crippen LogP contribution in [-0.2, 0) is 6.54 Å². The van der Waals surface area contributed by atoms with Crippen molar-refractivity contribution in [3.63, 3.8) is 0 Å². The van der Waals surface area contributed by atoms with E-state index in [1.54, 1.807) is 0 Å². The second kappa shape index (κ2) is 7.40. The number of methoxy groups -OCH3 is 1. The maximum absolute atomic E-state index is 12.3. The minimum absolute atomic E-state index is 0.0890. The second-order valence-electron chi connectivity index (χ2n) is 4.36. The molecule has 1 aromatic carbocycles. The highest BCUT2D eigenvalue weighted by atomic mass is 79.9. The topological polar surface area (TPSA) is 65.4 Å². The molecule has 0 bridgehead atoms. The van der Waals surface area contributed by atoms with E-state index < -0.39 is 6.61 Å². The van der Waals surface area contributed by atoms with Gasteiger partial charge in [0.1, 0.15) is 5.69 Å². The number of halogens is 3. The summed E-state index contributed by atoms with van der Waals surface area (Å²) in [5.41, 5.74) is 0.739. The Morgan fingerprint density at radius 1 is 1.43 bits per heavy atom. The molecule has 0 unspecified atom stereocenters. The van der Waals surface area contributed by atoms with Crippen LogP contribution in [0.4, 0.5) is 14.5 Å². The quantitative estimate of drug-likeness (QED) is 0.820. The van der Waals surface area contributed by atoms with Crippen LogP contribution in [0.25, 0.3) is 0 Å². The van der Waals surface area contributed by atoms with Gasteiger partial charge in [0.25, 0.3) is 5.91 Å². The Morgan fingerprint density at radius 2 is 2.17 bits per heavy atom. The van der Waals surface area contributed by atoms with E-state index in [2.05, 4.69) is 31.1 Å². The smallest absolute Gasteiger partial charge is 0.387 e. The summed E-state index contributed by atoms with van der Waals surface area (Å²) >= 11 is 3.27. The molecule has 1 aromatic heterocycles. The van der Waals surface area contributed by atoms with E-state index in [1.807, 2.05) is 6.92 Å². The summed E-state index contributed by atoms with van der Waals surface area (Å²) < 4.78 is 36.0. The third kappa shape index (κ3) is 3.98. The summed E-state index contributed by atoms with van der Waals surface area (Å²) in [5, 5.41) is 6.72. The third-order valence-electron chi connectivity index (χ3n) is 2.95. The Kier molecular flexibility index (Phi) is 5.54. The molecule has 0 aliphatic heterocycles. The lowest BCUT2D eigenvalue weighted by Crippen LogP contribution is -2.18. The number of rotatable bonds is 6. The van der Waals surface area contributed by atoms with Crippen molar-refractivity contribution < 1.29 is 23.0 Å². The Balaban J connectivity index is 2.23. The number of anilines is 1. The van der Waals surface area contributed by atoms with Crippen molar-refractivity contribution in [2.75, 3.05) is 12.4 Å². The SMILES string of the molecule is CCn1ncc(Br)c1C(=O)Nc1ccc(OC(F)F)c(OC)c1. The Morgan fingerprint density at radius 3 is 2.78 bits per heavy atom. The average Bonchev–Trinajstić information content (AvgIpc) is 2.89. The number of carbonyl (C=O) groups excluding carboxylic acids is 1. The molecule has 0 radical (unpaired) electrons. The largest absolute Gasteiger partial charge is 0.493 e. The van der Waals surface area contributed by atoms with Crippen molar-refractivity contribution in [1.82, 2.24) is 9.78 Å². The first kappa shape index (κ1) is 17.2. The lowest BCUT2D eigenvalue weighted by molar-refractivity contribution is -0.0512. The van der Waals surface area contributed by atoms with Crippen LogP contribution in [0, 0.1) is 0 Å². The molecule has 0 aliphatic carbocycles. The molecule has 9 heteroatoms. The summed E-state index contributed by atoms with van der Waals surface area (Å²) in [6.45, 7) is -0.576. The summed E-state index contributed by atoms with van der Waals surface area (Å²) in [6.07, 6.45) is 1.53. The number of carbonyl (C=O) groups is 1. The molecule has 0 fully saturated rings. The van der Waals surface area contributed by atoms with Crippen LogP contribution < -0.4 is 14.8 Å². The number of aryl methyl sites for hydroxylation is 1. The Labute approximate surface area is 139 Å². The van der Waals surface area contributed by atoms with Crippen LogP contribution in [0.1, 0.15) is 17.4 Å². The molecule has 2 aromatic rings. The molecule has 0 atom stereocenters. The van der Waals surface area contributed by atoms with Gasteiger partial charge in [-0.25, -0.2) is 0 Å². The Hall–Kier alpha value is -2.16. The highest BCUT2D eigenvalue weighted by Crippen LogP contribution is 2.31. The minimum atomic E-state index is -2.96. The van der Waals surface area contributed by atoms with Crippen LogP contribution in [0.3, 0.4) is 0 Å². The van der Waals surface area contributed by atoms with Crippen LogP contribution in [0.2, 0.25) is 0 Å². The van der Waals surface area contributed by atoms with Crippen molar-refractivity contribution in [1.29, 1.82) is 0 Å². The molecule has 1 heterocycles. The van der Waals surface area contributed by atoms with E-state index in [-0.39, 0.29) is 17.4 Å². The number of hydrogen-bond donors (Lipinski definition) is 1. The lowest BCUT2D eigenvalue weighted by Gasteiger charge is -2.12. The second-order valence-corrected chi connectivity index (χ2v) is 5.21. The van der Waals surface area contributed by atoms with Crippen LogP contribution in [-0.4, -0.2) is 29.4 Å². The lowest BCUT2D eigenvalue weighted by atomic mass is 10.2. The minimum Gasteiger partial charge on any atom is -0.493 e. The molecule has 0 saturated heterocycles. The molecule has 6 nitrogen and oxygen atoms in total. The molecule has 0 saturated carbocycles. The zero-order valence-electron chi connectivity index (χ0n) is 12.3. The summed E-state index contributed by atoms with van der Waals surface area (Å²) in [7, 11) is 1.32. The number of ether oxygens (including phenoxy) is 2. The van der Waals surface area contributed by atoms with E-state index in [1.165, 1.54) is 36.2 Å². The van der Waals surface area contributed by atoms with Crippen LogP contribution >= 0.6 is 15.9 Å². The third-order valence-corrected chi connectivity index (χ3v) is 3.53. The van der Waals surface area contributed by atoms with Crippen molar-refractivity contribution in [2.24, 2.45) is 0 Å². The predicted octanol–water partition coefficient (Wildman–Crippen LogP) is 3.53. The standard InChI is InChI=1S/C14H14BrF2N3O3/c1-3-20-12(9(15)7-18-20)13(21)19-8-4-5-10(23-14(16)17)11(6-8)22-2/h4-7,14H,3H2,1-2H3,(H,19,21). The van der Waals surface area contributed by atoms with Gasteiger partial charge in [0.05, 0.1) is 17.8 Å². The highest BCUT2D eigenvalue weighted by molar-refractivity contribution is 9.10. The number of aromatic nitrogens is 2. The first-order valence-corrected chi connectivity index (χ1v) is 7.41. The maximum Gasteiger partial charge on any atom is 0.387 e. The number of alkyl halides is 2. The molecule has 23 heavy (non-hydrogen) atoms. The molecule has 2 rings (SSSR count). The number of nitrogens with zero attached hydrogens (tertiary/aromatic N) is 2. The van der Waals surface area contributed by atoms with Gasteiger partial charge in [0, 0.05) is 18.3 Å². The number of nitrogens with one attached hydrogen (secondary N) is 1. The van der Waals surface area contributed by atoms with Crippen molar-refractivity contribution in [2.45, 2.75) is 20.1 Å². The number of hydrogen-bond acceptors (Lipinski definition) is 4. The number of benzene rings is 1. The first-order valence-electron chi connectivity index (χ1n) is 6.61. The molecular formula is C14H14BrF2N3O3. The van der Waals surface area contributed by atoms with Crippen molar-refractivity contribution in [3.05, 3.63) is 34.6 Å². The van der Waals surface area contributed by atoms with Gasteiger partial charge in [-0.2, -0.15) is 13.9 Å². The Bertz CT molecular complexity index is 707. The molecule has 0 aliphatic rings. The van der Waals surface area contributed by atoms with E-state index >= 15 is 0 Å². The van der Waals surface area contributed by atoms with E-state index in [9.17, 15) is 13.6 Å². The highest BCUT2D eigenvalue weighted by Gasteiger charge is 2.18. The van der Waals surface area contributed by atoms with E-state index in [0.717, 1.165) is 0 Å². The maximum atomic E-state index is 12.3. The summed E-state index contributed by atoms with van der Waals surface area (Å²) in [5.74, 6) is -0.410. The van der Waals surface area contributed by atoms with Gasteiger partial charge >= 0.3 is 6.61 Å². The predicted molar refractivity (Wildman–Crippen MR) is 83.2 cm³/mol. The van der Waals surface area contributed by atoms with Gasteiger partial charge in [-0.05, 0) is 35.0 Å². The van der Waals surface area contributed by atoms with Crippen LogP contribution in [0.5, 0.6) is 11.5 Å². The van der Waals surface area contributed by atoms with Crippen LogP contribution in [0.15, 0.2) is 28.9 Å². The molecule has 1 amide bonds. The van der Waals surface area contributed by atoms with Crippen molar-refractivity contribution in [3.8, 4) is 11.5 Å². The molecule has 0 spiro atoms. The zero-order valence-corrected chi connectivity index (χ0v) is 13.9.